The molecule has 4 aromatic rings. The topological polar surface area (TPSA) is 37.8 Å². The molecular formula is C22H16F3N3. The van der Waals surface area contributed by atoms with Crippen molar-refractivity contribution in [3.05, 3.63) is 83.9 Å². The van der Waals surface area contributed by atoms with Crippen LogP contribution in [0.2, 0.25) is 0 Å². The van der Waals surface area contributed by atoms with Crippen molar-refractivity contribution in [3.8, 4) is 11.4 Å². The molecular weight excluding hydrogens is 363 g/mol. The van der Waals surface area contributed by atoms with Crippen molar-refractivity contribution in [2.45, 2.75) is 13.1 Å². The standard InChI is InChI=1S/C22H16F3N3/c1-14-5-4-6-15(13-14)20-27-19-8-3-2-7-18(19)21(28-20)26-17-11-9-16(10-12-17)22(23,24)25/h2-13H,1H3,(H,26,27,28). The molecule has 0 amide bonds. The summed E-state index contributed by atoms with van der Waals surface area (Å²) in [6.45, 7) is 1.99. The minimum atomic E-state index is -4.36. The molecule has 6 heteroatoms. The van der Waals surface area contributed by atoms with Gasteiger partial charge in [-0.2, -0.15) is 13.2 Å². The Morgan fingerprint density at radius 3 is 2.29 bits per heavy atom. The number of anilines is 2. The van der Waals surface area contributed by atoms with Gasteiger partial charge in [-0.15, -0.1) is 0 Å². The molecule has 28 heavy (non-hydrogen) atoms. The first kappa shape index (κ1) is 18.0. The van der Waals surface area contributed by atoms with Crippen LogP contribution in [-0.4, -0.2) is 9.97 Å². The third-order valence-electron chi connectivity index (χ3n) is 4.35. The van der Waals surface area contributed by atoms with E-state index in [-0.39, 0.29) is 0 Å². The lowest BCUT2D eigenvalue weighted by Gasteiger charge is -2.12. The lowest BCUT2D eigenvalue weighted by Crippen LogP contribution is -2.05. The second-order valence-corrected chi connectivity index (χ2v) is 6.48. The van der Waals surface area contributed by atoms with E-state index in [0.29, 0.717) is 17.3 Å². The highest BCUT2D eigenvalue weighted by Gasteiger charge is 2.29. The van der Waals surface area contributed by atoms with E-state index in [4.69, 9.17) is 0 Å². The smallest absolute Gasteiger partial charge is 0.340 e. The summed E-state index contributed by atoms with van der Waals surface area (Å²) in [4.78, 5) is 9.27. The molecule has 0 fully saturated rings. The number of rotatable bonds is 3. The van der Waals surface area contributed by atoms with Crippen LogP contribution in [0.1, 0.15) is 11.1 Å². The average molecular weight is 379 g/mol. The van der Waals surface area contributed by atoms with Gasteiger partial charge in [0.25, 0.3) is 0 Å². The van der Waals surface area contributed by atoms with Gasteiger partial charge >= 0.3 is 6.18 Å². The van der Waals surface area contributed by atoms with Crippen molar-refractivity contribution < 1.29 is 13.2 Å². The van der Waals surface area contributed by atoms with Crippen LogP contribution < -0.4 is 5.32 Å². The number of fused-ring (bicyclic) bond motifs is 1. The minimum Gasteiger partial charge on any atom is -0.340 e. The number of benzene rings is 3. The first-order valence-electron chi connectivity index (χ1n) is 8.68. The second kappa shape index (κ2) is 6.96. The van der Waals surface area contributed by atoms with Crippen LogP contribution in [0, 0.1) is 6.92 Å². The normalized spacial score (nSPS) is 11.6. The number of halogens is 3. The van der Waals surface area contributed by atoms with Gasteiger partial charge in [-0.05, 0) is 49.4 Å². The zero-order valence-electron chi connectivity index (χ0n) is 15.0. The fraction of sp³-hybridized carbons (Fsp3) is 0.0909. The highest BCUT2D eigenvalue weighted by Crippen LogP contribution is 2.31. The Balaban J connectivity index is 1.77. The molecule has 0 spiro atoms. The van der Waals surface area contributed by atoms with E-state index in [1.54, 1.807) is 0 Å². The SMILES string of the molecule is Cc1cccc(-c2nc(Nc3ccc(C(F)(F)F)cc3)c3ccccc3n2)c1. The number of nitrogens with one attached hydrogen (secondary N) is 1. The van der Waals surface area contributed by atoms with E-state index < -0.39 is 11.7 Å². The molecule has 4 rings (SSSR count). The van der Waals surface area contributed by atoms with E-state index in [2.05, 4.69) is 15.3 Å². The Labute approximate surface area is 159 Å². The second-order valence-electron chi connectivity index (χ2n) is 6.48. The predicted molar refractivity (Wildman–Crippen MR) is 104 cm³/mol. The van der Waals surface area contributed by atoms with Gasteiger partial charge in [0.2, 0.25) is 0 Å². The van der Waals surface area contributed by atoms with Crippen molar-refractivity contribution in [2.75, 3.05) is 5.32 Å². The summed E-state index contributed by atoms with van der Waals surface area (Å²) in [5.41, 5.74) is 2.55. The monoisotopic (exact) mass is 379 g/mol. The summed E-state index contributed by atoms with van der Waals surface area (Å²) in [5.74, 6) is 1.10. The zero-order valence-corrected chi connectivity index (χ0v) is 15.0. The molecule has 1 aromatic heterocycles. The van der Waals surface area contributed by atoms with Crippen LogP contribution in [0.25, 0.3) is 22.3 Å². The molecule has 0 aliphatic carbocycles. The van der Waals surface area contributed by atoms with E-state index >= 15 is 0 Å². The van der Waals surface area contributed by atoms with Crippen molar-refractivity contribution in [3.63, 3.8) is 0 Å². The number of hydrogen-bond donors (Lipinski definition) is 1. The molecule has 0 saturated heterocycles. The Bertz CT molecular complexity index is 1140. The van der Waals surface area contributed by atoms with Crippen LogP contribution >= 0.6 is 0 Å². The van der Waals surface area contributed by atoms with Crippen LogP contribution in [0.5, 0.6) is 0 Å². The predicted octanol–water partition coefficient (Wildman–Crippen LogP) is 6.37. The van der Waals surface area contributed by atoms with Gasteiger partial charge in [-0.3, -0.25) is 0 Å². The van der Waals surface area contributed by atoms with Crippen molar-refractivity contribution >= 4 is 22.4 Å². The summed E-state index contributed by atoms with van der Waals surface area (Å²) in [6, 6.07) is 20.3. The molecule has 0 unspecified atom stereocenters. The molecule has 0 aliphatic rings. The van der Waals surface area contributed by atoms with Crippen LogP contribution in [-0.2, 0) is 6.18 Å². The maximum Gasteiger partial charge on any atom is 0.416 e. The van der Waals surface area contributed by atoms with Crippen molar-refractivity contribution in [1.29, 1.82) is 0 Å². The van der Waals surface area contributed by atoms with Gasteiger partial charge in [-0.1, -0.05) is 35.9 Å². The van der Waals surface area contributed by atoms with Crippen LogP contribution in [0.4, 0.5) is 24.7 Å². The van der Waals surface area contributed by atoms with Crippen LogP contribution in [0.15, 0.2) is 72.8 Å². The summed E-state index contributed by atoms with van der Waals surface area (Å²) < 4.78 is 38.4. The molecule has 140 valence electrons. The molecule has 0 saturated carbocycles. The van der Waals surface area contributed by atoms with Crippen molar-refractivity contribution in [2.24, 2.45) is 0 Å². The lowest BCUT2D eigenvalue weighted by atomic mass is 10.1. The fourth-order valence-electron chi connectivity index (χ4n) is 2.96. The van der Waals surface area contributed by atoms with Gasteiger partial charge < -0.3 is 5.32 Å². The highest BCUT2D eigenvalue weighted by atomic mass is 19.4. The number of aromatic nitrogens is 2. The summed E-state index contributed by atoms with van der Waals surface area (Å²) in [6.07, 6.45) is -4.36. The molecule has 1 heterocycles. The van der Waals surface area contributed by atoms with Gasteiger partial charge in [0.05, 0.1) is 11.1 Å². The highest BCUT2D eigenvalue weighted by molar-refractivity contribution is 5.92. The van der Waals surface area contributed by atoms with Gasteiger partial charge in [0.1, 0.15) is 5.82 Å². The Morgan fingerprint density at radius 1 is 0.821 bits per heavy atom. The quantitative estimate of drug-likeness (QED) is 0.450. The lowest BCUT2D eigenvalue weighted by molar-refractivity contribution is -0.137. The molecule has 3 aromatic carbocycles. The third-order valence-corrected chi connectivity index (χ3v) is 4.35. The van der Waals surface area contributed by atoms with Gasteiger partial charge in [-0.25, -0.2) is 9.97 Å². The largest absolute Gasteiger partial charge is 0.416 e. The number of aryl methyl sites for hydroxylation is 1. The Kier molecular flexibility index (Phi) is 4.47. The van der Waals surface area contributed by atoms with Gasteiger partial charge in [0, 0.05) is 16.6 Å². The maximum absolute atomic E-state index is 12.8. The molecule has 3 nitrogen and oxygen atoms in total. The first-order valence-corrected chi connectivity index (χ1v) is 8.68. The number of alkyl halides is 3. The molecule has 0 atom stereocenters. The van der Waals surface area contributed by atoms with E-state index in [1.807, 2.05) is 55.5 Å². The third kappa shape index (κ3) is 3.67. The van der Waals surface area contributed by atoms with E-state index in [0.717, 1.165) is 34.2 Å². The van der Waals surface area contributed by atoms with E-state index in [1.165, 1.54) is 12.1 Å². The first-order chi connectivity index (χ1) is 13.4. The van der Waals surface area contributed by atoms with Gasteiger partial charge in [0.15, 0.2) is 5.82 Å². The van der Waals surface area contributed by atoms with E-state index in [9.17, 15) is 13.2 Å². The number of hydrogen-bond acceptors (Lipinski definition) is 3. The Hall–Kier alpha value is -3.41. The molecule has 0 bridgehead atoms. The number of nitrogens with zero attached hydrogens (tertiary/aromatic N) is 2. The Morgan fingerprint density at radius 2 is 1.57 bits per heavy atom. The summed E-state index contributed by atoms with van der Waals surface area (Å²) >= 11 is 0. The average Bonchev–Trinajstić information content (AvgIpc) is 2.67. The molecule has 0 aliphatic heterocycles. The zero-order chi connectivity index (χ0) is 19.7. The van der Waals surface area contributed by atoms with Crippen LogP contribution in [0.3, 0.4) is 0 Å². The maximum atomic E-state index is 12.8. The number of para-hydroxylation sites is 1. The summed E-state index contributed by atoms with van der Waals surface area (Å²) in [7, 11) is 0. The van der Waals surface area contributed by atoms with Crippen molar-refractivity contribution in [1.82, 2.24) is 9.97 Å². The fourth-order valence-corrected chi connectivity index (χ4v) is 2.96. The molecule has 1 N–H and O–H groups in total. The minimum absolute atomic E-state index is 0.520. The molecule has 0 radical (unpaired) electrons. The summed E-state index contributed by atoms with van der Waals surface area (Å²) in [5, 5.41) is 3.92.